The van der Waals surface area contributed by atoms with Gasteiger partial charge in [0.2, 0.25) is 0 Å². The van der Waals surface area contributed by atoms with Crippen molar-refractivity contribution >= 4 is 5.97 Å². The third-order valence-electron chi connectivity index (χ3n) is 9.55. The van der Waals surface area contributed by atoms with Crippen LogP contribution in [0, 0.1) is 0 Å². The van der Waals surface area contributed by atoms with Crippen molar-refractivity contribution in [3.8, 4) is 0 Å². The Morgan fingerprint density at radius 2 is 0.756 bits per heavy atom. The van der Waals surface area contributed by atoms with E-state index in [-0.39, 0.29) is 12.1 Å². The number of ether oxygens (including phenoxy) is 1. The minimum absolute atomic E-state index is 0.265. The van der Waals surface area contributed by atoms with Crippen molar-refractivity contribution in [1.82, 2.24) is 0 Å². The maximum absolute atomic E-state index is 11.9. The van der Waals surface area contributed by atoms with Gasteiger partial charge in [0.05, 0.1) is 12.7 Å². The molecule has 1 N–H and O–H groups in total. The fourth-order valence-electron chi connectivity index (χ4n) is 6.42. The Morgan fingerprint density at radius 3 is 1.09 bits per heavy atom. The number of aliphatic hydroxyl groups excluding tert-OH is 1. The van der Waals surface area contributed by atoms with Crippen LogP contribution in [0.25, 0.3) is 0 Å². The zero-order valence-electron chi connectivity index (χ0n) is 31.0. The van der Waals surface area contributed by atoms with Gasteiger partial charge < -0.3 is 9.84 Å². The number of hydrogen-bond donors (Lipinski definition) is 1. The summed E-state index contributed by atoms with van der Waals surface area (Å²) in [6.07, 6.45) is 49.4. The molecular formula is C42H82O3. The predicted octanol–water partition coefficient (Wildman–Crippen LogP) is 14.1. The Balaban J connectivity index is 3.25. The molecule has 1 atom stereocenters. The van der Waals surface area contributed by atoms with E-state index >= 15 is 0 Å². The Labute approximate surface area is 283 Å². The van der Waals surface area contributed by atoms with Crippen LogP contribution in [0.1, 0.15) is 239 Å². The number of aliphatic hydroxyl groups is 1. The van der Waals surface area contributed by atoms with Gasteiger partial charge in [0.1, 0.15) is 0 Å². The quantitative estimate of drug-likeness (QED) is 0.0417. The highest BCUT2D eigenvalue weighted by molar-refractivity contribution is 5.81. The lowest BCUT2D eigenvalue weighted by Gasteiger charge is -2.07. The molecule has 0 aliphatic heterocycles. The van der Waals surface area contributed by atoms with Gasteiger partial charge in [-0.2, -0.15) is 0 Å². The summed E-state index contributed by atoms with van der Waals surface area (Å²) in [5.74, 6) is -0.265. The monoisotopic (exact) mass is 635 g/mol. The minimum Gasteiger partial charge on any atom is -0.463 e. The summed E-state index contributed by atoms with van der Waals surface area (Å²) in [4.78, 5) is 11.9. The number of carbonyl (C=O) groups excluding carboxylic acids is 1. The fourth-order valence-corrected chi connectivity index (χ4v) is 6.42. The van der Waals surface area contributed by atoms with Gasteiger partial charge in [0.25, 0.3) is 0 Å². The molecule has 0 saturated carbocycles. The predicted molar refractivity (Wildman–Crippen MR) is 199 cm³/mol. The van der Waals surface area contributed by atoms with Gasteiger partial charge in [-0.3, -0.25) is 0 Å². The van der Waals surface area contributed by atoms with Gasteiger partial charge in [-0.1, -0.05) is 225 Å². The van der Waals surface area contributed by atoms with Crippen molar-refractivity contribution in [2.75, 3.05) is 6.61 Å². The van der Waals surface area contributed by atoms with Gasteiger partial charge in [-0.25, -0.2) is 4.79 Å². The van der Waals surface area contributed by atoms with E-state index < -0.39 is 0 Å². The van der Waals surface area contributed by atoms with Crippen LogP contribution in [0.2, 0.25) is 0 Å². The van der Waals surface area contributed by atoms with Gasteiger partial charge >= 0.3 is 5.97 Å². The van der Waals surface area contributed by atoms with E-state index in [9.17, 15) is 9.90 Å². The van der Waals surface area contributed by atoms with Crippen LogP contribution in [0.15, 0.2) is 12.2 Å². The molecule has 0 aromatic rings. The summed E-state index contributed by atoms with van der Waals surface area (Å²) in [6.45, 7) is 5.07. The average Bonchev–Trinajstić information content (AvgIpc) is 3.04. The Kier molecular flexibility index (Phi) is 38.6. The Bertz CT molecular complexity index is 586. The van der Waals surface area contributed by atoms with E-state index in [1.54, 1.807) is 6.08 Å². The van der Waals surface area contributed by atoms with E-state index in [1.165, 1.54) is 199 Å². The molecule has 0 aromatic heterocycles. The molecule has 0 radical (unpaired) electrons. The molecule has 0 amide bonds. The summed E-state index contributed by atoms with van der Waals surface area (Å²) in [5, 5.41) is 10.1. The summed E-state index contributed by atoms with van der Waals surface area (Å²) in [7, 11) is 0. The van der Waals surface area contributed by atoms with E-state index in [4.69, 9.17) is 4.74 Å². The van der Waals surface area contributed by atoms with Crippen LogP contribution >= 0.6 is 0 Å². The lowest BCUT2D eigenvalue weighted by molar-refractivity contribution is -0.137. The highest BCUT2D eigenvalue weighted by Gasteiger charge is 2.03. The maximum Gasteiger partial charge on any atom is 0.330 e. The highest BCUT2D eigenvalue weighted by Crippen LogP contribution is 2.16. The number of hydrogen-bond acceptors (Lipinski definition) is 3. The van der Waals surface area contributed by atoms with Crippen LogP contribution in [-0.4, -0.2) is 23.8 Å². The van der Waals surface area contributed by atoms with Crippen LogP contribution in [0.5, 0.6) is 0 Å². The van der Waals surface area contributed by atoms with E-state index in [2.05, 4.69) is 13.8 Å². The highest BCUT2D eigenvalue weighted by atomic mass is 16.5. The molecule has 0 aliphatic carbocycles. The number of unbranched alkanes of at least 4 members (excludes halogenated alkanes) is 31. The summed E-state index contributed by atoms with van der Waals surface area (Å²) in [5.41, 5.74) is 0. The molecule has 0 saturated heterocycles. The van der Waals surface area contributed by atoms with Gasteiger partial charge in [-0.05, 0) is 19.3 Å². The third-order valence-corrected chi connectivity index (χ3v) is 9.55. The second kappa shape index (κ2) is 39.3. The van der Waals surface area contributed by atoms with Crippen molar-refractivity contribution in [1.29, 1.82) is 0 Å². The molecule has 0 rings (SSSR count). The van der Waals surface area contributed by atoms with Crippen LogP contribution in [0.4, 0.5) is 0 Å². The molecule has 1 unspecified atom stereocenters. The molecule has 45 heavy (non-hydrogen) atoms. The molecule has 3 nitrogen and oxygen atoms in total. The Morgan fingerprint density at radius 1 is 0.467 bits per heavy atom. The molecule has 0 fully saturated rings. The molecule has 0 aromatic carbocycles. The van der Waals surface area contributed by atoms with Gasteiger partial charge in [0.15, 0.2) is 0 Å². The molecule has 268 valence electrons. The molecule has 0 heterocycles. The second-order valence-electron chi connectivity index (χ2n) is 14.2. The van der Waals surface area contributed by atoms with Crippen molar-refractivity contribution in [3.63, 3.8) is 0 Å². The Hall–Kier alpha value is -0.830. The first kappa shape index (κ1) is 44.2. The standard InChI is InChI=1S/C42H82O3/c1-3-5-7-9-11-13-14-15-16-17-18-19-20-21-22-23-24-25-26-27-28-29-31-33-35-40-45-42(44)39-36-38-41(43)37-34-32-30-12-10-8-6-4-2/h36,39,41,43H,3-35,37-38,40H2,1-2H3/b39-36-. The zero-order valence-corrected chi connectivity index (χ0v) is 31.0. The normalized spacial score (nSPS) is 12.3. The van der Waals surface area contributed by atoms with E-state index in [0.717, 1.165) is 25.7 Å². The maximum atomic E-state index is 11.9. The second-order valence-corrected chi connectivity index (χ2v) is 14.2. The van der Waals surface area contributed by atoms with Crippen molar-refractivity contribution in [2.24, 2.45) is 0 Å². The van der Waals surface area contributed by atoms with E-state index in [1.807, 2.05) is 0 Å². The van der Waals surface area contributed by atoms with Crippen LogP contribution in [0.3, 0.4) is 0 Å². The molecule has 0 bridgehead atoms. The summed E-state index contributed by atoms with van der Waals surface area (Å²) in [6, 6.07) is 0. The van der Waals surface area contributed by atoms with Crippen molar-refractivity contribution in [2.45, 2.75) is 245 Å². The summed E-state index contributed by atoms with van der Waals surface area (Å²) >= 11 is 0. The average molecular weight is 635 g/mol. The first-order chi connectivity index (χ1) is 22.2. The lowest BCUT2D eigenvalue weighted by atomic mass is 10.0. The van der Waals surface area contributed by atoms with Crippen LogP contribution < -0.4 is 0 Å². The number of carbonyl (C=O) groups is 1. The first-order valence-corrected chi connectivity index (χ1v) is 20.7. The first-order valence-electron chi connectivity index (χ1n) is 20.7. The smallest absolute Gasteiger partial charge is 0.330 e. The SMILES string of the molecule is CCCCCCCCCCCCCCCCCCCCCCCCCCCOC(=O)/C=C\CC(O)CCCCCCCCCC. The molecule has 3 heteroatoms. The summed E-state index contributed by atoms with van der Waals surface area (Å²) < 4.78 is 5.32. The molecule has 0 aliphatic rings. The van der Waals surface area contributed by atoms with Gasteiger partial charge in [-0.15, -0.1) is 0 Å². The number of esters is 1. The minimum atomic E-state index is -0.340. The van der Waals surface area contributed by atoms with E-state index in [0.29, 0.717) is 13.0 Å². The zero-order chi connectivity index (χ0) is 32.7. The van der Waals surface area contributed by atoms with Crippen LogP contribution in [-0.2, 0) is 9.53 Å². The largest absolute Gasteiger partial charge is 0.463 e. The molecular weight excluding hydrogens is 552 g/mol. The van der Waals surface area contributed by atoms with Crippen molar-refractivity contribution in [3.05, 3.63) is 12.2 Å². The third kappa shape index (κ3) is 39.3. The fraction of sp³-hybridized carbons (Fsp3) is 0.929. The van der Waals surface area contributed by atoms with Crippen molar-refractivity contribution < 1.29 is 14.6 Å². The molecule has 0 spiro atoms. The van der Waals surface area contributed by atoms with Gasteiger partial charge in [0, 0.05) is 6.08 Å². The topological polar surface area (TPSA) is 46.5 Å². The number of rotatable bonds is 38. The lowest BCUT2D eigenvalue weighted by Crippen LogP contribution is -2.06.